The molecule has 1 aromatic rings. The van der Waals surface area contributed by atoms with Gasteiger partial charge in [-0.25, -0.2) is 0 Å². The summed E-state index contributed by atoms with van der Waals surface area (Å²) < 4.78 is 2.00. The second kappa shape index (κ2) is 5.48. The van der Waals surface area contributed by atoms with Gasteiger partial charge in [0.15, 0.2) is 0 Å². The molecule has 1 saturated carbocycles. The molecule has 16 heavy (non-hydrogen) atoms. The maximum absolute atomic E-state index is 4.22. The van der Waals surface area contributed by atoms with Gasteiger partial charge in [0.1, 0.15) is 0 Å². The fourth-order valence-corrected chi connectivity index (χ4v) is 2.91. The van der Waals surface area contributed by atoms with Crippen LogP contribution in [0.3, 0.4) is 0 Å². The Kier molecular flexibility index (Phi) is 3.99. The van der Waals surface area contributed by atoms with Gasteiger partial charge in [-0.2, -0.15) is 5.10 Å². The molecule has 0 bridgehead atoms. The van der Waals surface area contributed by atoms with Crippen molar-refractivity contribution in [2.75, 3.05) is 7.05 Å². The van der Waals surface area contributed by atoms with E-state index in [1.165, 1.54) is 44.2 Å². The maximum Gasteiger partial charge on any atom is 0.0492 e. The fraction of sp³-hybridized carbons (Fsp3) is 0.769. The van der Waals surface area contributed by atoms with Gasteiger partial charge >= 0.3 is 0 Å². The van der Waals surface area contributed by atoms with Crippen LogP contribution in [-0.4, -0.2) is 22.9 Å². The van der Waals surface area contributed by atoms with Crippen molar-refractivity contribution in [1.82, 2.24) is 15.1 Å². The van der Waals surface area contributed by atoms with E-state index in [1.54, 1.807) is 0 Å². The van der Waals surface area contributed by atoms with E-state index in [0.717, 1.165) is 12.0 Å². The predicted octanol–water partition coefficient (Wildman–Crippen LogP) is 2.13. The highest BCUT2D eigenvalue weighted by atomic mass is 15.2. The van der Waals surface area contributed by atoms with E-state index in [4.69, 9.17) is 0 Å². The van der Waals surface area contributed by atoms with Gasteiger partial charge in [0.05, 0.1) is 0 Å². The van der Waals surface area contributed by atoms with Crippen LogP contribution >= 0.6 is 0 Å². The van der Waals surface area contributed by atoms with Gasteiger partial charge < -0.3 is 5.32 Å². The highest BCUT2D eigenvalue weighted by Crippen LogP contribution is 2.27. The Morgan fingerprint density at radius 2 is 2.25 bits per heavy atom. The van der Waals surface area contributed by atoms with E-state index in [9.17, 15) is 0 Å². The van der Waals surface area contributed by atoms with Crippen molar-refractivity contribution in [3.8, 4) is 0 Å². The van der Waals surface area contributed by atoms with Crippen LogP contribution in [-0.2, 0) is 13.5 Å². The Morgan fingerprint density at radius 3 is 2.94 bits per heavy atom. The molecule has 1 N–H and O–H groups in total. The summed E-state index contributed by atoms with van der Waals surface area (Å²) in [6.07, 6.45) is 9.91. The molecule has 90 valence electrons. The molecule has 2 rings (SSSR count). The fourth-order valence-electron chi connectivity index (χ4n) is 2.91. The number of hydrogen-bond donors (Lipinski definition) is 1. The van der Waals surface area contributed by atoms with Crippen molar-refractivity contribution in [3.63, 3.8) is 0 Å². The normalized spacial score (nSPS) is 25.9. The van der Waals surface area contributed by atoms with Crippen LogP contribution in [0.1, 0.15) is 37.8 Å². The Bertz CT molecular complexity index is 319. The van der Waals surface area contributed by atoms with Crippen molar-refractivity contribution in [3.05, 3.63) is 18.0 Å². The molecule has 0 spiro atoms. The van der Waals surface area contributed by atoms with Gasteiger partial charge in [0.2, 0.25) is 0 Å². The first-order chi connectivity index (χ1) is 7.81. The summed E-state index contributed by atoms with van der Waals surface area (Å²) in [5.74, 6) is 0.855. The van der Waals surface area contributed by atoms with E-state index in [1.807, 2.05) is 17.9 Å². The molecule has 1 fully saturated rings. The molecule has 1 aromatic heterocycles. The average molecular weight is 221 g/mol. The summed E-state index contributed by atoms with van der Waals surface area (Å²) in [7, 11) is 4.14. The maximum atomic E-state index is 4.22. The van der Waals surface area contributed by atoms with Gasteiger partial charge in [-0.3, -0.25) is 4.68 Å². The van der Waals surface area contributed by atoms with Gasteiger partial charge in [-0.1, -0.05) is 12.8 Å². The van der Waals surface area contributed by atoms with Gasteiger partial charge in [0.25, 0.3) is 0 Å². The zero-order valence-electron chi connectivity index (χ0n) is 10.4. The summed E-state index contributed by atoms with van der Waals surface area (Å²) in [5.41, 5.74) is 1.36. The van der Waals surface area contributed by atoms with Crippen molar-refractivity contribution in [2.45, 2.75) is 44.6 Å². The Balaban J connectivity index is 1.86. The summed E-state index contributed by atoms with van der Waals surface area (Å²) in [6.45, 7) is 0. The van der Waals surface area contributed by atoms with Crippen LogP contribution in [0.15, 0.2) is 12.3 Å². The Labute approximate surface area is 98.2 Å². The summed E-state index contributed by atoms with van der Waals surface area (Å²) in [5, 5.41) is 7.70. The number of hydrogen-bond acceptors (Lipinski definition) is 2. The summed E-state index contributed by atoms with van der Waals surface area (Å²) in [6, 6.07) is 2.87. The minimum Gasteiger partial charge on any atom is -0.317 e. The van der Waals surface area contributed by atoms with Crippen molar-refractivity contribution in [1.29, 1.82) is 0 Å². The van der Waals surface area contributed by atoms with E-state index >= 15 is 0 Å². The molecule has 0 saturated heterocycles. The second-order valence-electron chi connectivity index (χ2n) is 4.92. The quantitative estimate of drug-likeness (QED) is 0.844. The number of nitrogens with zero attached hydrogens (tertiary/aromatic N) is 2. The first kappa shape index (κ1) is 11.6. The molecule has 2 atom stereocenters. The lowest BCUT2D eigenvalue weighted by Crippen LogP contribution is -2.36. The van der Waals surface area contributed by atoms with Crippen LogP contribution in [0.4, 0.5) is 0 Å². The molecule has 1 aliphatic rings. The molecule has 0 aromatic carbocycles. The van der Waals surface area contributed by atoms with Gasteiger partial charge in [0, 0.05) is 25.0 Å². The molecule has 0 aliphatic heterocycles. The number of nitrogens with one attached hydrogen (secondary N) is 1. The molecular formula is C13H23N3. The lowest BCUT2D eigenvalue weighted by Gasteiger charge is -2.31. The van der Waals surface area contributed by atoms with E-state index < -0.39 is 0 Å². The first-order valence-electron chi connectivity index (χ1n) is 6.45. The standard InChI is InChI=1S/C13H23N3/c1-14-13-6-4-3-5-11(13)7-8-12-9-10-15-16(12)2/h9-11,13-14H,3-8H2,1-2H3. The van der Waals surface area contributed by atoms with Crippen LogP contribution in [0.25, 0.3) is 0 Å². The molecule has 1 heterocycles. The topological polar surface area (TPSA) is 29.9 Å². The van der Waals surface area contributed by atoms with E-state index in [0.29, 0.717) is 0 Å². The molecule has 0 radical (unpaired) electrons. The molecule has 1 aliphatic carbocycles. The van der Waals surface area contributed by atoms with Gasteiger partial charge in [-0.15, -0.1) is 0 Å². The Morgan fingerprint density at radius 1 is 1.44 bits per heavy atom. The molecule has 2 unspecified atom stereocenters. The smallest absolute Gasteiger partial charge is 0.0492 e. The number of aromatic nitrogens is 2. The summed E-state index contributed by atoms with van der Waals surface area (Å²) >= 11 is 0. The van der Waals surface area contributed by atoms with E-state index in [-0.39, 0.29) is 0 Å². The number of rotatable bonds is 4. The van der Waals surface area contributed by atoms with E-state index in [2.05, 4.69) is 23.5 Å². The van der Waals surface area contributed by atoms with Crippen LogP contribution in [0.2, 0.25) is 0 Å². The largest absolute Gasteiger partial charge is 0.317 e. The molecule has 3 heteroatoms. The highest BCUT2D eigenvalue weighted by Gasteiger charge is 2.23. The minimum absolute atomic E-state index is 0.738. The zero-order valence-corrected chi connectivity index (χ0v) is 10.4. The van der Waals surface area contributed by atoms with Crippen molar-refractivity contribution >= 4 is 0 Å². The lowest BCUT2D eigenvalue weighted by atomic mass is 9.81. The van der Waals surface area contributed by atoms with Crippen LogP contribution in [0.5, 0.6) is 0 Å². The molecule has 3 nitrogen and oxygen atoms in total. The second-order valence-corrected chi connectivity index (χ2v) is 4.92. The van der Waals surface area contributed by atoms with Crippen LogP contribution in [0, 0.1) is 5.92 Å². The first-order valence-corrected chi connectivity index (χ1v) is 6.45. The third-order valence-electron chi connectivity index (χ3n) is 3.97. The SMILES string of the molecule is CNC1CCCCC1CCc1ccnn1C. The lowest BCUT2D eigenvalue weighted by molar-refractivity contribution is 0.259. The van der Waals surface area contributed by atoms with Crippen molar-refractivity contribution < 1.29 is 0 Å². The Hall–Kier alpha value is -0.830. The van der Waals surface area contributed by atoms with Crippen molar-refractivity contribution in [2.24, 2.45) is 13.0 Å². The minimum atomic E-state index is 0.738. The van der Waals surface area contributed by atoms with Crippen LogP contribution < -0.4 is 5.32 Å². The predicted molar refractivity (Wildman–Crippen MR) is 66.3 cm³/mol. The third kappa shape index (κ3) is 2.64. The third-order valence-corrected chi connectivity index (χ3v) is 3.97. The molecule has 0 amide bonds. The van der Waals surface area contributed by atoms with Gasteiger partial charge in [-0.05, 0) is 44.7 Å². The zero-order chi connectivity index (χ0) is 11.4. The number of aryl methyl sites for hydroxylation is 2. The average Bonchev–Trinajstić information content (AvgIpc) is 2.72. The highest BCUT2D eigenvalue weighted by molar-refractivity contribution is 5.00. The molecular weight excluding hydrogens is 198 g/mol. The summed E-state index contributed by atoms with van der Waals surface area (Å²) in [4.78, 5) is 0. The monoisotopic (exact) mass is 221 g/mol.